The van der Waals surface area contributed by atoms with E-state index in [1.165, 1.54) is 32.1 Å². The fourth-order valence-electron chi connectivity index (χ4n) is 3.76. The Labute approximate surface area is 177 Å². The zero-order valence-corrected chi connectivity index (χ0v) is 17.3. The lowest BCUT2D eigenvalue weighted by atomic mass is 9.90. The van der Waals surface area contributed by atoms with Crippen molar-refractivity contribution >= 4 is 11.7 Å². The van der Waals surface area contributed by atoms with Crippen LogP contribution in [0.4, 0.5) is 5.69 Å². The quantitative estimate of drug-likeness (QED) is 0.596. The smallest absolute Gasteiger partial charge is 0.330 e. The van der Waals surface area contributed by atoms with Gasteiger partial charge in [0.25, 0.3) is 0 Å². The summed E-state index contributed by atoms with van der Waals surface area (Å²) in [4.78, 5) is 12.0. The van der Waals surface area contributed by atoms with Crippen molar-refractivity contribution in [3.63, 3.8) is 0 Å². The molecular formula is C24H28N2O4. The van der Waals surface area contributed by atoms with E-state index >= 15 is 0 Å². The minimum atomic E-state index is -1.01. The summed E-state index contributed by atoms with van der Waals surface area (Å²) in [5, 5.41) is 21.8. The third-order valence-electron chi connectivity index (χ3n) is 5.33. The van der Waals surface area contributed by atoms with Gasteiger partial charge in [-0.1, -0.05) is 19.3 Å². The number of benzene rings is 2. The third kappa shape index (κ3) is 5.90. The van der Waals surface area contributed by atoms with Crippen LogP contribution in [-0.2, 0) is 4.79 Å². The monoisotopic (exact) mass is 408 g/mol. The highest BCUT2D eigenvalue weighted by Gasteiger charge is 2.22. The largest absolute Gasteiger partial charge is 0.494 e. The number of hydrogen-bond acceptors (Lipinski definition) is 5. The number of aliphatic carboxylic acids is 1. The van der Waals surface area contributed by atoms with E-state index in [1.807, 2.05) is 13.0 Å². The van der Waals surface area contributed by atoms with E-state index in [9.17, 15) is 9.90 Å². The minimum absolute atomic E-state index is 0.478. The van der Waals surface area contributed by atoms with Crippen LogP contribution in [0.5, 0.6) is 11.5 Å². The predicted molar refractivity (Wildman–Crippen MR) is 115 cm³/mol. The van der Waals surface area contributed by atoms with Gasteiger partial charge in [0.2, 0.25) is 0 Å². The second kappa shape index (κ2) is 10.5. The molecule has 0 spiro atoms. The Bertz CT molecular complexity index is 883. The number of nitrogens with zero attached hydrogens (tertiary/aromatic N) is 1. The van der Waals surface area contributed by atoms with Crippen molar-refractivity contribution in [2.45, 2.75) is 45.1 Å². The SMILES string of the molecule is CCOc1cc(OCC2CCCCC2)cc([C@@H](Nc2ccc(C#N)cc2)C(=O)O)c1. The lowest BCUT2D eigenvalue weighted by Gasteiger charge is -2.23. The van der Waals surface area contributed by atoms with Crippen LogP contribution >= 0.6 is 0 Å². The zero-order chi connectivity index (χ0) is 21.3. The molecule has 158 valence electrons. The Kier molecular flexibility index (Phi) is 7.56. The van der Waals surface area contributed by atoms with Gasteiger partial charge in [-0.05, 0) is 67.6 Å². The fraction of sp³-hybridized carbons (Fsp3) is 0.417. The van der Waals surface area contributed by atoms with Crippen molar-refractivity contribution in [2.75, 3.05) is 18.5 Å². The van der Waals surface area contributed by atoms with Gasteiger partial charge in [0.15, 0.2) is 6.04 Å². The van der Waals surface area contributed by atoms with Gasteiger partial charge in [-0.3, -0.25) is 0 Å². The number of carboxylic acid groups (broad SMARTS) is 1. The molecule has 0 amide bonds. The van der Waals surface area contributed by atoms with E-state index in [-0.39, 0.29) is 0 Å². The van der Waals surface area contributed by atoms with Gasteiger partial charge in [0.05, 0.1) is 24.8 Å². The second-order valence-corrected chi connectivity index (χ2v) is 7.59. The maximum atomic E-state index is 12.0. The minimum Gasteiger partial charge on any atom is -0.494 e. The van der Waals surface area contributed by atoms with Crippen LogP contribution in [0, 0.1) is 17.2 Å². The Morgan fingerprint density at radius 3 is 2.40 bits per heavy atom. The van der Waals surface area contributed by atoms with E-state index in [4.69, 9.17) is 14.7 Å². The molecule has 2 aromatic carbocycles. The summed E-state index contributed by atoms with van der Waals surface area (Å²) in [6.45, 7) is 3.00. The molecule has 3 rings (SSSR count). The molecule has 1 saturated carbocycles. The molecule has 1 atom stereocenters. The molecule has 6 heteroatoms. The number of anilines is 1. The van der Waals surface area contributed by atoms with Crippen molar-refractivity contribution in [1.82, 2.24) is 0 Å². The lowest BCUT2D eigenvalue weighted by molar-refractivity contribution is -0.138. The molecule has 0 bridgehead atoms. The molecular weight excluding hydrogens is 380 g/mol. The first-order valence-corrected chi connectivity index (χ1v) is 10.5. The number of ether oxygens (including phenoxy) is 2. The number of carbonyl (C=O) groups is 1. The molecule has 6 nitrogen and oxygen atoms in total. The van der Waals surface area contributed by atoms with Gasteiger partial charge >= 0.3 is 5.97 Å². The van der Waals surface area contributed by atoms with Gasteiger partial charge in [-0.15, -0.1) is 0 Å². The first-order chi connectivity index (χ1) is 14.6. The maximum Gasteiger partial charge on any atom is 0.330 e. The second-order valence-electron chi connectivity index (χ2n) is 7.59. The molecule has 0 heterocycles. The predicted octanol–water partition coefficient (Wildman–Crippen LogP) is 5.15. The number of nitrogens with one attached hydrogen (secondary N) is 1. The summed E-state index contributed by atoms with van der Waals surface area (Å²) in [6.07, 6.45) is 6.13. The highest BCUT2D eigenvalue weighted by atomic mass is 16.5. The molecule has 2 aromatic rings. The molecule has 0 aliphatic heterocycles. The molecule has 0 radical (unpaired) electrons. The number of nitriles is 1. The van der Waals surface area contributed by atoms with Crippen molar-refractivity contribution in [2.24, 2.45) is 5.92 Å². The number of rotatable bonds is 9. The summed E-state index contributed by atoms with van der Waals surface area (Å²) in [5.74, 6) is 0.743. The summed E-state index contributed by atoms with van der Waals surface area (Å²) in [7, 11) is 0. The first kappa shape index (κ1) is 21.5. The third-order valence-corrected chi connectivity index (χ3v) is 5.33. The van der Waals surface area contributed by atoms with Crippen molar-refractivity contribution in [3.8, 4) is 17.6 Å². The topological polar surface area (TPSA) is 91.6 Å². The Balaban J connectivity index is 1.81. The summed E-state index contributed by atoms with van der Waals surface area (Å²) < 4.78 is 11.7. The van der Waals surface area contributed by atoms with Crippen molar-refractivity contribution in [1.29, 1.82) is 5.26 Å². The van der Waals surface area contributed by atoms with E-state index in [0.29, 0.717) is 47.4 Å². The normalized spacial score (nSPS) is 15.1. The molecule has 30 heavy (non-hydrogen) atoms. The van der Waals surface area contributed by atoms with Crippen molar-refractivity contribution < 1.29 is 19.4 Å². The van der Waals surface area contributed by atoms with Crippen LogP contribution in [-0.4, -0.2) is 24.3 Å². The Hall–Kier alpha value is -3.20. The van der Waals surface area contributed by atoms with E-state index < -0.39 is 12.0 Å². The van der Waals surface area contributed by atoms with Crippen LogP contribution < -0.4 is 14.8 Å². The van der Waals surface area contributed by atoms with E-state index in [1.54, 1.807) is 36.4 Å². The molecule has 1 aliphatic rings. The van der Waals surface area contributed by atoms with Crippen molar-refractivity contribution in [3.05, 3.63) is 53.6 Å². The molecule has 2 N–H and O–H groups in total. The average molecular weight is 408 g/mol. The van der Waals surface area contributed by atoms with E-state index in [2.05, 4.69) is 11.4 Å². The maximum absolute atomic E-state index is 12.0. The molecule has 1 fully saturated rings. The average Bonchev–Trinajstić information content (AvgIpc) is 2.77. The van der Waals surface area contributed by atoms with Crippen LogP contribution in [0.2, 0.25) is 0 Å². The van der Waals surface area contributed by atoms with Gasteiger partial charge in [-0.2, -0.15) is 5.26 Å². The zero-order valence-electron chi connectivity index (χ0n) is 17.3. The summed E-state index contributed by atoms with van der Waals surface area (Å²) in [5.41, 5.74) is 1.69. The number of hydrogen-bond donors (Lipinski definition) is 2. The molecule has 0 unspecified atom stereocenters. The van der Waals surface area contributed by atoms with Crippen LogP contribution in [0.3, 0.4) is 0 Å². The fourth-order valence-corrected chi connectivity index (χ4v) is 3.76. The molecule has 0 aromatic heterocycles. The Morgan fingerprint density at radius 1 is 1.13 bits per heavy atom. The van der Waals surface area contributed by atoms with Gasteiger partial charge < -0.3 is 19.9 Å². The molecule has 0 saturated heterocycles. The lowest BCUT2D eigenvalue weighted by Crippen LogP contribution is -2.21. The number of carboxylic acids is 1. The summed E-state index contributed by atoms with van der Waals surface area (Å²) in [6, 6.07) is 13.1. The van der Waals surface area contributed by atoms with Gasteiger partial charge in [-0.25, -0.2) is 4.79 Å². The highest BCUT2D eigenvalue weighted by molar-refractivity contribution is 5.79. The van der Waals surface area contributed by atoms with E-state index in [0.717, 1.165) is 0 Å². The van der Waals surface area contributed by atoms with Crippen LogP contribution in [0.25, 0.3) is 0 Å². The first-order valence-electron chi connectivity index (χ1n) is 10.5. The standard InChI is InChI=1S/C24H28N2O4/c1-2-29-21-12-19(13-22(14-21)30-16-18-6-4-3-5-7-18)23(24(27)28)26-20-10-8-17(15-25)9-11-20/h8-14,18,23,26H,2-7,16H2,1H3,(H,27,28)/t23-/m1/s1. The van der Waals surface area contributed by atoms with Gasteiger partial charge in [0, 0.05) is 11.8 Å². The van der Waals surface area contributed by atoms with Gasteiger partial charge in [0.1, 0.15) is 11.5 Å². The molecule has 1 aliphatic carbocycles. The Morgan fingerprint density at radius 2 is 1.80 bits per heavy atom. The van der Waals surface area contributed by atoms with Crippen LogP contribution in [0.15, 0.2) is 42.5 Å². The summed E-state index contributed by atoms with van der Waals surface area (Å²) >= 11 is 0. The van der Waals surface area contributed by atoms with Crippen LogP contribution in [0.1, 0.15) is 56.2 Å². The highest BCUT2D eigenvalue weighted by Crippen LogP contribution is 2.31.